The van der Waals surface area contributed by atoms with E-state index in [1.807, 2.05) is 6.92 Å². The maximum Gasteiger partial charge on any atom is 0.115 e. The molecule has 0 radical (unpaired) electrons. The summed E-state index contributed by atoms with van der Waals surface area (Å²) in [7, 11) is 0. The van der Waals surface area contributed by atoms with Crippen molar-refractivity contribution in [3.8, 4) is 5.75 Å². The van der Waals surface area contributed by atoms with E-state index in [4.69, 9.17) is 9.22 Å². The highest BCUT2D eigenvalue weighted by atomic mass is 16.3. The van der Waals surface area contributed by atoms with Crippen LogP contribution in [0.25, 0.3) is 0 Å². The van der Waals surface area contributed by atoms with Crippen molar-refractivity contribution < 1.29 is 9.22 Å². The third-order valence-electron chi connectivity index (χ3n) is 1.08. The smallest absolute Gasteiger partial charge is 0.115 e. The first-order valence-corrected chi connectivity index (χ1v) is 2.86. The lowest BCUT2D eigenvalue weighted by Crippen LogP contribution is -1.75. The first kappa shape index (κ1) is 3.25. The average Bonchev–Trinajstić information content (AvgIpc) is 2.01. The first-order chi connectivity index (χ1) is 5.57. The van der Waals surface area contributed by atoms with Crippen molar-refractivity contribution in [2.75, 3.05) is 0 Å². The summed E-state index contributed by atoms with van der Waals surface area (Å²) in [5.74, 6) is -0.290. The maximum absolute atomic E-state index is 9.07. The van der Waals surface area contributed by atoms with E-state index in [0.29, 0.717) is 12.0 Å². The van der Waals surface area contributed by atoms with Crippen LogP contribution in [0.4, 0.5) is 0 Å². The van der Waals surface area contributed by atoms with Crippen LogP contribution in [0.15, 0.2) is 24.2 Å². The third-order valence-corrected chi connectivity index (χ3v) is 1.08. The third kappa shape index (κ3) is 1.46. The van der Waals surface area contributed by atoms with Crippen LogP contribution in [0, 0.1) is 0 Å². The highest BCUT2D eigenvalue weighted by Crippen LogP contribution is 2.09. The molecule has 0 fully saturated rings. The minimum absolute atomic E-state index is 0.0394. The Bertz CT molecular complexity index is 310. The van der Waals surface area contributed by atoms with Gasteiger partial charge in [-0.2, -0.15) is 0 Å². The quantitative estimate of drug-likeness (QED) is 0.608. The number of hydrogen-bond acceptors (Lipinski definition) is 1. The largest absolute Gasteiger partial charge is 0.508 e. The van der Waals surface area contributed by atoms with E-state index < -0.39 is 0 Å². The van der Waals surface area contributed by atoms with E-state index in [2.05, 4.69) is 0 Å². The summed E-state index contributed by atoms with van der Waals surface area (Å²) in [6, 6.07) is 1.11. The van der Waals surface area contributed by atoms with E-state index >= 15 is 0 Å². The van der Waals surface area contributed by atoms with Crippen LogP contribution >= 0.6 is 0 Å². The molecular weight excluding hydrogens is 112 g/mol. The predicted molar refractivity (Wildman–Crippen MR) is 37.5 cm³/mol. The minimum atomic E-state index is -0.290. The van der Waals surface area contributed by atoms with Crippen molar-refractivity contribution in [3.05, 3.63) is 29.8 Å². The Hall–Kier alpha value is -0.980. The van der Waals surface area contributed by atoms with Gasteiger partial charge in [-0.25, -0.2) is 0 Å². The molecule has 1 aromatic carbocycles. The normalized spacial score (nSPS) is 14.1. The molecule has 0 saturated carbocycles. The van der Waals surface area contributed by atoms with Crippen molar-refractivity contribution in [2.45, 2.75) is 13.3 Å². The molecule has 1 N–H and O–H groups in total. The van der Waals surface area contributed by atoms with E-state index in [1.54, 1.807) is 0 Å². The van der Waals surface area contributed by atoms with Gasteiger partial charge in [-0.15, -0.1) is 0 Å². The van der Waals surface area contributed by atoms with Crippen molar-refractivity contribution in [1.29, 1.82) is 0 Å². The molecule has 0 aromatic heterocycles. The van der Waals surface area contributed by atoms with Crippen molar-refractivity contribution in [3.63, 3.8) is 0 Å². The fourth-order valence-electron chi connectivity index (χ4n) is 0.558. The Morgan fingerprint density at radius 3 is 3.00 bits per heavy atom. The number of phenolic OH excluding ortho intramolecular Hbond substituents is 1. The van der Waals surface area contributed by atoms with E-state index in [0.717, 1.165) is 0 Å². The van der Waals surface area contributed by atoms with Gasteiger partial charge < -0.3 is 5.11 Å². The van der Waals surface area contributed by atoms with Gasteiger partial charge in [0.25, 0.3) is 0 Å². The SMILES string of the molecule is [2H]c1cc(O)c([2H])c([2H])c1CC. The summed E-state index contributed by atoms with van der Waals surface area (Å²) < 4.78 is 22.1. The number of aromatic hydroxyl groups is 1. The molecule has 0 aliphatic carbocycles. The Morgan fingerprint density at radius 2 is 2.33 bits per heavy atom. The van der Waals surface area contributed by atoms with Crippen molar-refractivity contribution in [1.82, 2.24) is 0 Å². The second-order valence-electron chi connectivity index (χ2n) is 1.76. The lowest BCUT2D eigenvalue weighted by atomic mass is 10.2. The van der Waals surface area contributed by atoms with Gasteiger partial charge in [0.05, 0.1) is 4.11 Å². The zero-order chi connectivity index (χ0) is 9.30. The fraction of sp³-hybridized carbons (Fsp3) is 0.250. The number of phenols is 1. The molecule has 1 aromatic rings. The maximum atomic E-state index is 9.07. The van der Waals surface area contributed by atoms with Gasteiger partial charge >= 0.3 is 0 Å². The molecule has 0 heterocycles. The molecule has 0 atom stereocenters. The zero-order valence-electron chi connectivity index (χ0n) is 8.23. The van der Waals surface area contributed by atoms with E-state index in [1.165, 1.54) is 6.07 Å². The molecule has 0 aliphatic rings. The van der Waals surface area contributed by atoms with Crippen LogP contribution in [0.2, 0.25) is 0 Å². The molecule has 0 saturated heterocycles. The Labute approximate surface area is 59.2 Å². The number of hydrogen-bond donors (Lipinski definition) is 1. The van der Waals surface area contributed by atoms with Crippen LogP contribution in [0.3, 0.4) is 0 Å². The van der Waals surface area contributed by atoms with Gasteiger partial charge in [0, 0.05) is 0 Å². The standard InChI is InChI=1S/C8H10O/c1-2-7-3-5-8(9)6-4-7/h3-6,9H,2H2,1H3/i3D,4D,5D. The molecule has 1 rings (SSSR count). The van der Waals surface area contributed by atoms with Gasteiger partial charge in [-0.3, -0.25) is 0 Å². The topological polar surface area (TPSA) is 20.2 Å². The lowest BCUT2D eigenvalue weighted by molar-refractivity contribution is 0.475. The van der Waals surface area contributed by atoms with Crippen LogP contribution in [-0.4, -0.2) is 5.11 Å². The van der Waals surface area contributed by atoms with Gasteiger partial charge in [0.1, 0.15) is 5.75 Å². The van der Waals surface area contributed by atoms with E-state index in [9.17, 15) is 0 Å². The summed E-state index contributed by atoms with van der Waals surface area (Å²) in [4.78, 5) is 0. The zero-order valence-corrected chi connectivity index (χ0v) is 5.23. The van der Waals surface area contributed by atoms with Crippen LogP contribution < -0.4 is 0 Å². The molecule has 0 aliphatic heterocycles. The summed E-state index contributed by atoms with van der Waals surface area (Å²) >= 11 is 0. The average molecular weight is 125 g/mol. The van der Waals surface area contributed by atoms with Crippen LogP contribution in [0.1, 0.15) is 16.6 Å². The van der Waals surface area contributed by atoms with E-state index in [-0.39, 0.29) is 23.9 Å². The Balaban J connectivity index is 3.40. The lowest BCUT2D eigenvalue weighted by Gasteiger charge is -1.93. The van der Waals surface area contributed by atoms with Gasteiger partial charge in [0.15, 0.2) is 0 Å². The molecule has 0 unspecified atom stereocenters. The first-order valence-electron chi connectivity index (χ1n) is 4.36. The Kier molecular flexibility index (Phi) is 0.916. The van der Waals surface area contributed by atoms with Gasteiger partial charge in [-0.1, -0.05) is 19.0 Å². The fourth-order valence-corrected chi connectivity index (χ4v) is 0.558. The highest BCUT2D eigenvalue weighted by molar-refractivity contribution is 5.25. The molecule has 0 spiro atoms. The molecule has 1 heteroatoms. The minimum Gasteiger partial charge on any atom is -0.508 e. The summed E-state index contributed by atoms with van der Waals surface area (Å²) in [5.41, 5.74) is 0.512. The molecule has 48 valence electrons. The van der Waals surface area contributed by atoms with Gasteiger partial charge in [0.2, 0.25) is 0 Å². The summed E-state index contributed by atoms with van der Waals surface area (Å²) in [6.45, 7) is 1.82. The number of benzene rings is 1. The highest BCUT2D eigenvalue weighted by Gasteiger charge is 1.86. The molecule has 0 amide bonds. The predicted octanol–water partition coefficient (Wildman–Crippen LogP) is 1.95. The van der Waals surface area contributed by atoms with Crippen LogP contribution in [0.5, 0.6) is 5.75 Å². The Morgan fingerprint density at radius 1 is 1.56 bits per heavy atom. The van der Waals surface area contributed by atoms with Crippen molar-refractivity contribution >= 4 is 0 Å². The second kappa shape index (κ2) is 2.53. The van der Waals surface area contributed by atoms with Gasteiger partial charge in [-0.05, 0) is 24.1 Å². The molecule has 1 nitrogen and oxygen atoms in total. The van der Waals surface area contributed by atoms with Crippen molar-refractivity contribution in [2.24, 2.45) is 0 Å². The second-order valence-corrected chi connectivity index (χ2v) is 1.76. The monoisotopic (exact) mass is 125 g/mol. The van der Waals surface area contributed by atoms with Crippen LogP contribution in [-0.2, 0) is 6.42 Å². The number of rotatable bonds is 1. The molecule has 0 bridgehead atoms. The molecular formula is C8H10O. The summed E-state index contributed by atoms with van der Waals surface area (Å²) in [6.07, 6.45) is 0.545. The molecule has 9 heavy (non-hydrogen) atoms. The summed E-state index contributed by atoms with van der Waals surface area (Å²) in [5, 5.41) is 9.07.